The lowest BCUT2D eigenvalue weighted by molar-refractivity contribution is -0.384. The number of amides is 1. The van der Waals surface area contributed by atoms with Crippen LogP contribution in [-0.2, 0) is 4.79 Å². The zero-order valence-corrected chi connectivity index (χ0v) is 9.19. The lowest BCUT2D eigenvalue weighted by Gasteiger charge is -2.04. The van der Waals surface area contributed by atoms with E-state index >= 15 is 0 Å². The van der Waals surface area contributed by atoms with Gasteiger partial charge < -0.3 is 5.32 Å². The molecule has 0 bridgehead atoms. The average molecular weight is 241 g/mol. The third kappa shape index (κ3) is 3.06. The maximum Gasteiger partial charge on any atom is 0.271 e. The van der Waals surface area contributed by atoms with E-state index in [4.69, 9.17) is 11.6 Å². The molecule has 0 radical (unpaired) electrons. The predicted molar refractivity (Wildman–Crippen MR) is 61.6 cm³/mol. The molecule has 0 saturated carbocycles. The number of nitrogens with one attached hydrogen (secondary N) is 1. The van der Waals surface area contributed by atoms with Crippen LogP contribution in [0.15, 0.2) is 30.4 Å². The summed E-state index contributed by atoms with van der Waals surface area (Å²) in [7, 11) is 0. The Bertz CT molecular complexity index is 457. The Labute approximate surface area is 96.9 Å². The summed E-state index contributed by atoms with van der Waals surface area (Å²) in [5.41, 5.74) is 0.226. The summed E-state index contributed by atoms with van der Waals surface area (Å²) < 4.78 is 0. The highest BCUT2D eigenvalue weighted by Gasteiger charge is 2.10. The van der Waals surface area contributed by atoms with Crippen LogP contribution in [0.4, 0.5) is 11.4 Å². The Morgan fingerprint density at radius 3 is 2.75 bits per heavy atom. The van der Waals surface area contributed by atoms with Crippen molar-refractivity contribution in [3.63, 3.8) is 0 Å². The highest BCUT2D eigenvalue weighted by molar-refractivity contribution is 6.34. The third-order valence-electron chi connectivity index (χ3n) is 1.74. The smallest absolute Gasteiger partial charge is 0.271 e. The van der Waals surface area contributed by atoms with E-state index in [0.717, 1.165) is 0 Å². The fraction of sp³-hybridized carbons (Fsp3) is 0.100. The first kappa shape index (κ1) is 12.2. The number of nitro benzene ring substituents is 1. The third-order valence-corrected chi connectivity index (χ3v) is 2.05. The van der Waals surface area contributed by atoms with Crippen molar-refractivity contribution in [1.82, 2.24) is 0 Å². The van der Waals surface area contributed by atoms with Crippen LogP contribution >= 0.6 is 11.6 Å². The van der Waals surface area contributed by atoms with Gasteiger partial charge in [-0.25, -0.2) is 0 Å². The summed E-state index contributed by atoms with van der Waals surface area (Å²) in [5, 5.41) is 13.1. The molecule has 0 aliphatic heterocycles. The van der Waals surface area contributed by atoms with E-state index in [1.54, 1.807) is 13.0 Å². The summed E-state index contributed by atoms with van der Waals surface area (Å²) >= 11 is 5.77. The number of hydrogen-bond acceptors (Lipinski definition) is 3. The Kier molecular flexibility index (Phi) is 4.02. The van der Waals surface area contributed by atoms with Crippen molar-refractivity contribution in [2.24, 2.45) is 0 Å². The van der Waals surface area contributed by atoms with E-state index < -0.39 is 4.92 Å². The zero-order chi connectivity index (χ0) is 12.1. The molecule has 0 aliphatic carbocycles. The Balaban J connectivity index is 2.91. The molecule has 0 atom stereocenters. The van der Waals surface area contributed by atoms with E-state index in [9.17, 15) is 14.9 Å². The molecule has 0 aliphatic rings. The number of nitrogens with zero attached hydrogens (tertiary/aromatic N) is 1. The lowest BCUT2D eigenvalue weighted by Crippen LogP contribution is -2.08. The van der Waals surface area contributed by atoms with Gasteiger partial charge in [-0.3, -0.25) is 14.9 Å². The second kappa shape index (κ2) is 5.27. The molecule has 0 spiro atoms. The first-order chi connectivity index (χ1) is 7.54. The van der Waals surface area contributed by atoms with E-state index in [0.29, 0.717) is 5.69 Å². The van der Waals surface area contributed by atoms with E-state index in [-0.39, 0.29) is 16.6 Å². The molecular weight excluding hydrogens is 232 g/mol. The number of halogens is 1. The summed E-state index contributed by atoms with van der Waals surface area (Å²) in [6, 6.07) is 3.85. The molecule has 0 saturated heterocycles. The van der Waals surface area contributed by atoms with E-state index in [2.05, 4.69) is 5.32 Å². The van der Waals surface area contributed by atoms with Gasteiger partial charge in [0.25, 0.3) is 5.69 Å². The fourth-order valence-corrected chi connectivity index (χ4v) is 1.27. The van der Waals surface area contributed by atoms with E-state index in [1.165, 1.54) is 24.3 Å². The minimum absolute atomic E-state index is 0.117. The van der Waals surface area contributed by atoms with Gasteiger partial charge in [-0.2, -0.15) is 0 Å². The second-order valence-electron chi connectivity index (χ2n) is 2.91. The summed E-state index contributed by atoms with van der Waals surface area (Å²) in [4.78, 5) is 21.1. The normalized spacial score (nSPS) is 10.4. The van der Waals surface area contributed by atoms with Gasteiger partial charge in [0.05, 0.1) is 15.6 Å². The van der Waals surface area contributed by atoms with Gasteiger partial charge in [-0.1, -0.05) is 17.7 Å². The van der Waals surface area contributed by atoms with Crippen molar-refractivity contribution < 1.29 is 9.72 Å². The lowest BCUT2D eigenvalue weighted by atomic mass is 10.3. The van der Waals surface area contributed by atoms with E-state index in [1.807, 2.05) is 0 Å². The predicted octanol–water partition coefficient (Wildman–Crippen LogP) is 2.76. The van der Waals surface area contributed by atoms with Crippen molar-refractivity contribution >= 4 is 28.9 Å². The van der Waals surface area contributed by atoms with Crippen LogP contribution in [0.5, 0.6) is 0 Å². The van der Waals surface area contributed by atoms with Crippen LogP contribution < -0.4 is 5.32 Å². The van der Waals surface area contributed by atoms with Gasteiger partial charge in [-0.15, -0.1) is 0 Å². The molecule has 1 aromatic carbocycles. The number of nitro groups is 1. The number of allylic oxidation sites excluding steroid dienone is 1. The van der Waals surface area contributed by atoms with Crippen LogP contribution in [0.3, 0.4) is 0 Å². The maximum atomic E-state index is 11.2. The van der Waals surface area contributed by atoms with Crippen molar-refractivity contribution in [1.29, 1.82) is 0 Å². The van der Waals surface area contributed by atoms with Crippen molar-refractivity contribution in [2.45, 2.75) is 6.92 Å². The Morgan fingerprint density at radius 2 is 2.25 bits per heavy atom. The molecule has 0 unspecified atom stereocenters. The van der Waals surface area contributed by atoms with Crippen molar-refractivity contribution in [3.05, 3.63) is 45.5 Å². The molecule has 16 heavy (non-hydrogen) atoms. The first-order valence-electron chi connectivity index (χ1n) is 4.42. The standard InChI is InChI=1S/C10H9ClN2O3/c1-2-3-10(14)12-9-5-4-7(13(15)16)6-8(9)11/h2-6H,1H3,(H,12,14)/b3-2+. The fourth-order valence-electron chi connectivity index (χ4n) is 1.04. The molecule has 84 valence electrons. The molecular formula is C10H9ClN2O3. The monoisotopic (exact) mass is 240 g/mol. The quantitative estimate of drug-likeness (QED) is 0.502. The zero-order valence-electron chi connectivity index (χ0n) is 8.44. The number of non-ortho nitro benzene ring substituents is 1. The van der Waals surface area contributed by atoms with Crippen LogP contribution in [0.25, 0.3) is 0 Å². The Morgan fingerprint density at radius 1 is 1.56 bits per heavy atom. The summed E-state index contributed by atoms with van der Waals surface area (Å²) in [6.07, 6.45) is 2.91. The minimum atomic E-state index is -0.552. The van der Waals surface area contributed by atoms with Gasteiger partial charge in [0.1, 0.15) is 0 Å². The maximum absolute atomic E-state index is 11.2. The molecule has 1 aromatic rings. The molecule has 6 heteroatoms. The van der Waals surface area contributed by atoms with Crippen LogP contribution in [0.2, 0.25) is 5.02 Å². The minimum Gasteiger partial charge on any atom is -0.321 e. The largest absolute Gasteiger partial charge is 0.321 e. The number of benzene rings is 1. The van der Waals surface area contributed by atoms with Crippen molar-refractivity contribution in [3.8, 4) is 0 Å². The van der Waals surface area contributed by atoms with Crippen LogP contribution in [0.1, 0.15) is 6.92 Å². The molecule has 0 fully saturated rings. The number of hydrogen-bond donors (Lipinski definition) is 1. The van der Waals surface area contributed by atoms with Gasteiger partial charge in [0, 0.05) is 12.1 Å². The highest BCUT2D eigenvalue weighted by Crippen LogP contribution is 2.26. The SMILES string of the molecule is C/C=C/C(=O)Nc1ccc([N+](=O)[O-])cc1Cl. The topological polar surface area (TPSA) is 72.2 Å². The molecule has 0 heterocycles. The molecule has 1 N–H and O–H groups in total. The highest BCUT2D eigenvalue weighted by atomic mass is 35.5. The van der Waals surface area contributed by atoms with Crippen LogP contribution in [0, 0.1) is 10.1 Å². The summed E-state index contributed by atoms with van der Waals surface area (Å²) in [6.45, 7) is 1.71. The molecule has 1 amide bonds. The number of rotatable bonds is 3. The van der Waals surface area contributed by atoms with Gasteiger partial charge in [0.15, 0.2) is 0 Å². The average Bonchev–Trinajstić information content (AvgIpc) is 2.21. The van der Waals surface area contributed by atoms with Crippen molar-refractivity contribution in [2.75, 3.05) is 5.32 Å². The van der Waals surface area contributed by atoms with Gasteiger partial charge in [-0.05, 0) is 19.1 Å². The summed E-state index contributed by atoms with van der Waals surface area (Å²) in [5.74, 6) is -0.335. The molecule has 1 rings (SSSR count). The molecule has 5 nitrogen and oxygen atoms in total. The van der Waals surface area contributed by atoms with Gasteiger partial charge in [0.2, 0.25) is 5.91 Å². The number of anilines is 1. The Hall–Kier alpha value is -1.88. The number of carbonyl (C=O) groups excluding carboxylic acids is 1. The second-order valence-corrected chi connectivity index (χ2v) is 3.32. The van der Waals surface area contributed by atoms with Gasteiger partial charge >= 0.3 is 0 Å². The van der Waals surface area contributed by atoms with Crippen LogP contribution in [-0.4, -0.2) is 10.8 Å². The molecule has 0 aromatic heterocycles. The first-order valence-corrected chi connectivity index (χ1v) is 4.80. The number of carbonyl (C=O) groups is 1.